The molecule has 1 aromatic carbocycles. The Kier molecular flexibility index (Phi) is 3.85. The first-order valence-electron chi connectivity index (χ1n) is 7.74. The fraction of sp³-hybridized carbons (Fsp3) is 0.158. The molecule has 5 nitrogen and oxygen atoms in total. The quantitative estimate of drug-likeness (QED) is 0.724. The molecule has 0 radical (unpaired) electrons. The highest BCUT2D eigenvalue weighted by atomic mass is 16.1. The molecule has 0 aliphatic carbocycles. The molecule has 0 unspecified atom stereocenters. The predicted molar refractivity (Wildman–Crippen MR) is 94.3 cm³/mol. The highest BCUT2D eigenvalue weighted by Gasteiger charge is 2.24. The van der Waals surface area contributed by atoms with E-state index in [1.54, 1.807) is 40.9 Å². The maximum atomic E-state index is 12.9. The third-order valence-electron chi connectivity index (χ3n) is 4.18. The number of nitrogens with two attached hydrogens (primary N) is 2. The molecule has 1 amide bonds. The Hall–Kier alpha value is -3.08. The number of nitrogens with zero attached hydrogens (tertiary/aromatic N) is 1. The molecule has 0 bridgehead atoms. The first-order valence-corrected chi connectivity index (χ1v) is 7.74. The molecule has 0 spiro atoms. The zero-order valence-corrected chi connectivity index (χ0v) is 13.6. The van der Waals surface area contributed by atoms with Crippen molar-refractivity contribution in [2.75, 3.05) is 5.73 Å². The van der Waals surface area contributed by atoms with Crippen LogP contribution in [0, 0.1) is 0 Å². The van der Waals surface area contributed by atoms with E-state index in [1.807, 2.05) is 12.1 Å². The SMILES string of the molecule is CC(C)c1ccc(C(=O)c2c(N)c(C(N)=O)c3ccccn23)cc1. The van der Waals surface area contributed by atoms with Crippen molar-refractivity contribution in [3.8, 4) is 0 Å². The molecule has 122 valence electrons. The fourth-order valence-corrected chi connectivity index (χ4v) is 2.87. The molecular formula is C19H19N3O2. The molecular weight excluding hydrogens is 302 g/mol. The normalized spacial score (nSPS) is 11.1. The van der Waals surface area contributed by atoms with E-state index in [-0.39, 0.29) is 22.7 Å². The Morgan fingerprint density at radius 3 is 2.29 bits per heavy atom. The monoisotopic (exact) mass is 321 g/mol. The van der Waals surface area contributed by atoms with Gasteiger partial charge < -0.3 is 15.9 Å². The van der Waals surface area contributed by atoms with Gasteiger partial charge in [0, 0.05) is 11.8 Å². The van der Waals surface area contributed by atoms with Gasteiger partial charge in [0.25, 0.3) is 5.91 Å². The van der Waals surface area contributed by atoms with Crippen LogP contribution in [0.4, 0.5) is 5.69 Å². The molecule has 0 aliphatic rings. The van der Waals surface area contributed by atoms with Crippen LogP contribution >= 0.6 is 0 Å². The van der Waals surface area contributed by atoms with Crippen LogP contribution in [0.15, 0.2) is 48.7 Å². The highest BCUT2D eigenvalue weighted by Crippen LogP contribution is 2.28. The largest absolute Gasteiger partial charge is 0.396 e. The lowest BCUT2D eigenvalue weighted by atomic mass is 9.99. The minimum absolute atomic E-state index is 0.117. The predicted octanol–water partition coefficient (Wildman–Crippen LogP) is 2.97. The first kappa shape index (κ1) is 15.8. The Bertz CT molecular complexity index is 937. The average molecular weight is 321 g/mol. The Balaban J connectivity index is 2.17. The molecule has 0 saturated carbocycles. The van der Waals surface area contributed by atoms with E-state index in [2.05, 4.69) is 13.8 Å². The smallest absolute Gasteiger partial charge is 0.253 e. The molecule has 0 atom stereocenters. The van der Waals surface area contributed by atoms with Gasteiger partial charge in [0.1, 0.15) is 5.69 Å². The summed E-state index contributed by atoms with van der Waals surface area (Å²) in [6.45, 7) is 4.18. The molecule has 0 saturated heterocycles. The molecule has 2 heterocycles. The van der Waals surface area contributed by atoms with Gasteiger partial charge in [-0.15, -0.1) is 0 Å². The molecule has 5 heteroatoms. The maximum Gasteiger partial charge on any atom is 0.253 e. The second kappa shape index (κ2) is 5.85. The topological polar surface area (TPSA) is 90.6 Å². The van der Waals surface area contributed by atoms with Gasteiger partial charge in [0.2, 0.25) is 5.78 Å². The van der Waals surface area contributed by atoms with Crippen molar-refractivity contribution >= 4 is 22.9 Å². The lowest BCUT2D eigenvalue weighted by Gasteiger charge is -2.07. The van der Waals surface area contributed by atoms with Crippen LogP contribution in [0.2, 0.25) is 0 Å². The van der Waals surface area contributed by atoms with Crippen LogP contribution in [0.5, 0.6) is 0 Å². The number of fused-ring (bicyclic) bond motifs is 1. The van der Waals surface area contributed by atoms with Gasteiger partial charge >= 0.3 is 0 Å². The van der Waals surface area contributed by atoms with Gasteiger partial charge in [0.05, 0.1) is 16.8 Å². The first-order chi connectivity index (χ1) is 11.4. The van der Waals surface area contributed by atoms with Crippen molar-refractivity contribution in [3.63, 3.8) is 0 Å². The van der Waals surface area contributed by atoms with Crippen molar-refractivity contribution in [1.82, 2.24) is 4.40 Å². The van der Waals surface area contributed by atoms with E-state index in [9.17, 15) is 9.59 Å². The number of carbonyl (C=O) groups excluding carboxylic acids is 2. The Labute approximate surface area is 139 Å². The van der Waals surface area contributed by atoms with Gasteiger partial charge in [-0.25, -0.2) is 0 Å². The lowest BCUT2D eigenvalue weighted by molar-refractivity contribution is 0.100. The summed E-state index contributed by atoms with van der Waals surface area (Å²) in [4.78, 5) is 24.7. The molecule has 3 rings (SSSR count). The van der Waals surface area contributed by atoms with E-state index in [4.69, 9.17) is 11.5 Å². The fourth-order valence-electron chi connectivity index (χ4n) is 2.87. The van der Waals surface area contributed by atoms with Gasteiger partial charge in [-0.2, -0.15) is 0 Å². The Morgan fingerprint density at radius 1 is 1.04 bits per heavy atom. The third-order valence-corrected chi connectivity index (χ3v) is 4.18. The van der Waals surface area contributed by atoms with E-state index in [1.165, 1.54) is 0 Å². The van der Waals surface area contributed by atoms with Gasteiger partial charge in [0.15, 0.2) is 0 Å². The van der Waals surface area contributed by atoms with Gasteiger partial charge in [-0.3, -0.25) is 9.59 Å². The van der Waals surface area contributed by atoms with Crippen LogP contribution in [0.3, 0.4) is 0 Å². The van der Waals surface area contributed by atoms with Crippen molar-refractivity contribution < 1.29 is 9.59 Å². The molecule has 3 aromatic rings. The number of amides is 1. The number of carbonyl (C=O) groups is 2. The van der Waals surface area contributed by atoms with E-state index in [0.717, 1.165) is 5.56 Å². The number of ketones is 1. The summed E-state index contributed by atoms with van der Waals surface area (Å²) in [6.07, 6.45) is 1.70. The van der Waals surface area contributed by atoms with E-state index >= 15 is 0 Å². The molecule has 4 N–H and O–H groups in total. The molecule has 24 heavy (non-hydrogen) atoms. The highest BCUT2D eigenvalue weighted by molar-refractivity contribution is 6.17. The second-order valence-electron chi connectivity index (χ2n) is 6.06. The summed E-state index contributed by atoms with van der Waals surface area (Å²) in [7, 11) is 0. The number of pyridine rings is 1. The minimum atomic E-state index is -0.648. The summed E-state index contributed by atoms with van der Waals surface area (Å²) < 4.78 is 1.62. The molecule has 0 fully saturated rings. The summed E-state index contributed by atoms with van der Waals surface area (Å²) >= 11 is 0. The van der Waals surface area contributed by atoms with Crippen LogP contribution < -0.4 is 11.5 Å². The summed E-state index contributed by atoms with van der Waals surface area (Å²) in [6, 6.07) is 12.7. The Morgan fingerprint density at radius 2 is 1.71 bits per heavy atom. The zero-order chi connectivity index (χ0) is 17.4. The third kappa shape index (κ3) is 2.44. The minimum Gasteiger partial charge on any atom is -0.396 e. The van der Waals surface area contributed by atoms with Gasteiger partial charge in [-0.05, 0) is 23.6 Å². The van der Waals surface area contributed by atoms with Crippen molar-refractivity contribution in [3.05, 3.63) is 71.0 Å². The van der Waals surface area contributed by atoms with Crippen molar-refractivity contribution in [2.45, 2.75) is 19.8 Å². The zero-order valence-electron chi connectivity index (χ0n) is 13.6. The van der Waals surface area contributed by atoms with Crippen LogP contribution in [-0.2, 0) is 0 Å². The van der Waals surface area contributed by atoms with Crippen LogP contribution in [0.25, 0.3) is 5.52 Å². The number of primary amides is 1. The van der Waals surface area contributed by atoms with E-state index in [0.29, 0.717) is 17.0 Å². The summed E-state index contributed by atoms with van der Waals surface area (Å²) in [5, 5.41) is 0. The standard InChI is InChI=1S/C19H19N3O2/c1-11(2)12-6-8-13(9-7-12)18(23)17-16(20)15(19(21)24)14-5-3-4-10-22(14)17/h3-11H,20H2,1-2H3,(H2,21,24). The number of rotatable bonds is 4. The van der Waals surface area contributed by atoms with Gasteiger partial charge in [-0.1, -0.05) is 44.2 Å². The number of nitrogen functional groups attached to an aromatic ring is 1. The lowest BCUT2D eigenvalue weighted by Crippen LogP contribution is -2.13. The van der Waals surface area contributed by atoms with Crippen molar-refractivity contribution in [2.24, 2.45) is 5.73 Å². The second-order valence-corrected chi connectivity index (χ2v) is 6.06. The van der Waals surface area contributed by atoms with Crippen molar-refractivity contribution in [1.29, 1.82) is 0 Å². The van der Waals surface area contributed by atoms with Crippen LogP contribution in [0.1, 0.15) is 51.7 Å². The number of aromatic nitrogens is 1. The number of hydrogen-bond donors (Lipinski definition) is 2. The number of benzene rings is 1. The average Bonchev–Trinajstić information content (AvgIpc) is 2.86. The molecule has 2 aromatic heterocycles. The maximum absolute atomic E-state index is 12.9. The van der Waals surface area contributed by atoms with E-state index < -0.39 is 5.91 Å². The molecule has 0 aliphatic heterocycles. The number of hydrogen-bond acceptors (Lipinski definition) is 3. The summed E-state index contributed by atoms with van der Waals surface area (Å²) in [5.74, 6) is -0.503. The summed E-state index contributed by atoms with van der Waals surface area (Å²) in [5.41, 5.74) is 14.3. The number of anilines is 1. The van der Waals surface area contributed by atoms with Crippen LogP contribution in [-0.4, -0.2) is 16.1 Å².